The van der Waals surface area contributed by atoms with Crippen molar-refractivity contribution in [3.05, 3.63) is 95.0 Å². The molecule has 37 heavy (non-hydrogen) atoms. The molecule has 1 fully saturated rings. The summed E-state index contributed by atoms with van der Waals surface area (Å²) in [6.07, 6.45) is 3.80. The van der Waals surface area contributed by atoms with E-state index < -0.39 is 0 Å². The third kappa shape index (κ3) is 4.59. The lowest BCUT2D eigenvalue weighted by Crippen LogP contribution is -2.27. The molecule has 0 aliphatic carbocycles. The zero-order valence-corrected chi connectivity index (χ0v) is 21.4. The van der Waals surface area contributed by atoms with Gasteiger partial charge in [-0.1, -0.05) is 48.2 Å². The topological polar surface area (TPSA) is 65.8 Å². The van der Waals surface area contributed by atoms with Crippen LogP contribution < -0.4 is 14.2 Å². The summed E-state index contributed by atoms with van der Waals surface area (Å²) in [6, 6.07) is 23.2. The van der Waals surface area contributed by atoms with Gasteiger partial charge in [-0.3, -0.25) is 9.69 Å². The molecule has 1 saturated heterocycles. The first-order valence-electron chi connectivity index (χ1n) is 11.5. The fourth-order valence-electron chi connectivity index (χ4n) is 4.18. The highest BCUT2D eigenvalue weighted by molar-refractivity contribution is 8.26. The van der Waals surface area contributed by atoms with Gasteiger partial charge >= 0.3 is 0 Å². The van der Waals surface area contributed by atoms with Crippen LogP contribution in [0.25, 0.3) is 23.0 Å². The van der Waals surface area contributed by atoms with E-state index in [1.165, 1.54) is 11.8 Å². The predicted molar refractivity (Wildman–Crippen MR) is 147 cm³/mol. The summed E-state index contributed by atoms with van der Waals surface area (Å²) >= 11 is 6.87. The molecule has 0 atom stereocenters. The second-order valence-electron chi connectivity index (χ2n) is 8.40. The fourth-order valence-corrected chi connectivity index (χ4v) is 5.42. The van der Waals surface area contributed by atoms with Crippen LogP contribution in [0.4, 0.5) is 0 Å². The predicted octanol–water partition coefficient (Wildman–Crippen LogP) is 5.68. The SMILES string of the molecule is COc1ccc(-c2nn(-c3ccccc3)cc2/C=C2\SC(=S)N(Cc3ccc4c(c3)OCO4)C2=O)cc1. The molecular formula is C28H21N3O4S2. The van der Waals surface area contributed by atoms with Crippen molar-refractivity contribution in [2.75, 3.05) is 13.9 Å². The zero-order valence-electron chi connectivity index (χ0n) is 19.8. The number of fused-ring (bicyclic) bond motifs is 1. The van der Waals surface area contributed by atoms with Crippen molar-refractivity contribution < 1.29 is 19.0 Å². The molecule has 7 nitrogen and oxygen atoms in total. The molecule has 6 rings (SSSR count). The number of benzene rings is 3. The van der Waals surface area contributed by atoms with E-state index in [-0.39, 0.29) is 12.7 Å². The van der Waals surface area contributed by atoms with Crippen LogP contribution in [0.15, 0.2) is 83.9 Å². The molecule has 3 aromatic carbocycles. The molecule has 2 aliphatic rings. The average Bonchev–Trinajstić information content (AvgIpc) is 3.64. The number of rotatable bonds is 6. The molecule has 0 spiro atoms. The van der Waals surface area contributed by atoms with Crippen molar-refractivity contribution in [3.63, 3.8) is 0 Å². The standard InChI is InChI=1S/C28H21N3O4S2/c1-33-22-10-8-19(9-11-22)26-20(16-31(29-26)21-5-3-2-4-6-21)14-25-27(32)30(28(36)37-25)15-18-7-12-23-24(13-18)35-17-34-23/h2-14,16H,15,17H2,1H3/b25-14-. The Bertz CT molecular complexity index is 1530. The number of para-hydroxylation sites is 1. The van der Waals surface area contributed by atoms with Crippen LogP contribution in [0.5, 0.6) is 17.2 Å². The van der Waals surface area contributed by atoms with Gasteiger partial charge in [-0.15, -0.1) is 0 Å². The van der Waals surface area contributed by atoms with E-state index in [0.29, 0.717) is 27.3 Å². The smallest absolute Gasteiger partial charge is 0.266 e. The molecule has 0 N–H and O–H groups in total. The first-order valence-corrected chi connectivity index (χ1v) is 12.7. The third-order valence-electron chi connectivity index (χ3n) is 6.06. The lowest BCUT2D eigenvalue weighted by molar-refractivity contribution is -0.122. The fraction of sp³-hybridized carbons (Fsp3) is 0.107. The summed E-state index contributed by atoms with van der Waals surface area (Å²) in [4.78, 5) is 15.6. The number of methoxy groups -OCH3 is 1. The van der Waals surface area contributed by atoms with Gasteiger partial charge in [-0.25, -0.2) is 4.68 Å². The molecule has 1 aromatic heterocycles. The number of thiocarbonyl (C=S) groups is 1. The number of hydrogen-bond acceptors (Lipinski definition) is 7. The molecule has 1 amide bonds. The summed E-state index contributed by atoms with van der Waals surface area (Å²) in [5.74, 6) is 2.00. The highest BCUT2D eigenvalue weighted by Crippen LogP contribution is 2.37. The van der Waals surface area contributed by atoms with Gasteiger partial charge in [-0.05, 0) is 60.2 Å². The normalized spacial score (nSPS) is 15.6. The molecule has 2 aliphatic heterocycles. The van der Waals surface area contributed by atoms with Crippen molar-refractivity contribution in [2.24, 2.45) is 0 Å². The molecule has 0 unspecified atom stereocenters. The Labute approximate surface area is 223 Å². The van der Waals surface area contributed by atoms with E-state index in [1.54, 1.807) is 12.0 Å². The second kappa shape index (κ2) is 9.76. The van der Waals surface area contributed by atoms with Crippen LogP contribution in [0.3, 0.4) is 0 Å². The van der Waals surface area contributed by atoms with Crippen molar-refractivity contribution in [1.29, 1.82) is 0 Å². The van der Waals surface area contributed by atoms with E-state index in [4.69, 9.17) is 31.5 Å². The number of aromatic nitrogens is 2. The lowest BCUT2D eigenvalue weighted by atomic mass is 10.1. The molecular weight excluding hydrogens is 506 g/mol. The van der Waals surface area contributed by atoms with Crippen molar-refractivity contribution in [1.82, 2.24) is 14.7 Å². The first-order chi connectivity index (χ1) is 18.1. The maximum atomic E-state index is 13.4. The van der Waals surface area contributed by atoms with Crippen LogP contribution in [0.2, 0.25) is 0 Å². The first kappa shape index (κ1) is 23.3. The maximum absolute atomic E-state index is 13.4. The highest BCUT2D eigenvalue weighted by atomic mass is 32.2. The molecule has 9 heteroatoms. The van der Waals surface area contributed by atoms with E-state index >= 15 is 0 Å². The molecule has 0 saturated carbocycles. The number of nitrogens with zero attached hydrogens (tertiary/aromatic N) is 3. The Morgan fingerprint density at radius 1 is 1.05 bits per heavy atom. The largest absolute Gasteiger partial charge is 0.497 e. The minimum absolute atomic E-state index is 0.138. The Balaban J connectivity index is 1.33. The van der Waals surface area contributed by atoms with Gasteiger partial charge in [0.2, 0.25) is 6.79 Å². The molecule has 0 radical (unpaired) electrons. The Morgan fingerprint density at radius 3 is 2.62 bits per heavy atom. The van der Waals surface area contributed by atoms with Crippen LogP contribution in [-0.2, 0) is 11.3 Å². The van der Waals surface area contributed by atoms with Crippen LogP contribution in [0.1, 0.15) is 11.1 Å². The zero-order chi connectivity index (χ0) is 25.4. The van der Waals surface area contributed by atoms with Gasteiger partial charge in [0.05, 0.1) is 29.9 Å². The number of amides is 1. The van der Waals surface area contributed by atoms with Gasteiger partial charge in [0.1, 0.15) is 10.1 Å². The summed E-state index contributed by atoms with van der Waals surface area (Å²) in [6.45, 7) is 0.559. The quantitative estimate of drug-likeness (QED) is 0.236. The van der Waals surface area contributed by atoms with Gasteiger partial charge in [0.25, 0.3) is 5.91 Å². The summed E-state index contributed by atoms with van der Waals surface area (Å²) in [5, 5.41) is 4.85. The van der Waals surface area contributed by atoms with Crippen molar-refractivity contribution in [3.8, 4) is 34.2 Å². The summed E-state index contributed by atoms with van der Waals surface area (Å²) in [7, 11) is 1.64. The molecule has 4 aromatic rings. The second-order valence-corrected chi connectivity index (χ2v) is 10.1. The van der Waals surface area contributed by atoms with E-state index in [0.717, 1.165) is 33.8 Å². The Kier molecular flexibility index (Phi) is 6.15. The lowest BCUT2D eigenvalue weighted by Gasteiger charge is -2.14. The number of carbonyl (C=O) groups is 1. The van der Waals surface area contributed by atoms with Gasteiger partial charge in [-0.2, -0.15) is 5.10 Å². The van der Waals surface area contributed by atoms with Gasteiger partial charge in [0, 0.05) is 17.3 Å². The van der Waals surface area contributed by atoms with Crippen molar-refractivity contribution >= 4 is 40.3 Å². The Hall–Kier alpha value is -4.08. The van der Waals surface area contributed by atoms with Gasteiger partial charge < -0.3 is 14.2 Å². The number of carbonyl (C=O) groups excluding carboxylic acids is 1. The molecule has 184 valence electrons. The number of hydrogen-bond donors (Lipinski definition) is 0. The Morgan fingerprint density at radius 2 is 1.84 bits per heavy atom. The van der Waals surface area contributed by atoms with Gasteiger partial charge in [0.15, 0.2) is 11.5 Å². The van der Waals surface area contributed by atoms with E-state index in [9.17, 15) is 4.79 Å². The molecule has 0 bridgehead atoms. The van der Waals surface area contributed by atoms with Crippen LogP contribution in [0, 0.1) is 0 Å². The minimum Gasteiger partial charge on any atom is -0.497 e. The average molecular weight is 528 g/mol. The maximum Gasteiger partial charge on any atom is 0.266 e. The summed E-state index contributed by atoms with van der Waals surface area (Å²) < 4.78 is 18.5. The van der Waals surface area contributed by atoms with Crippen molar-refractivity contribution in [2.45, 2.75) is 6.54 Å². The summed E-state index contributed by atoms with van der Waals surface area (Å²) in [5.41, 5.74) is 4.33. The van der Waals surface area contributed by atoms with E-state index in [2.05, 4.69) is 0 Å². The van der Waals surface area contributed by atoms with Crippen LogP contribution in [-0.4, -0.2) is 38.8 Å². The highest BCUT2D eigenvalue weighted by Gasteiger charge is 2.33. The van der Waals surface area contributed by atoms with Crippen LogP contribution >= 0.6 is 24.0 Å². The number of ether oxygens (including phenoxy) is 3. The number of thioether (sulfide) groups is 1. The minimum atomic E-state index is -0.138. The molecule has 3 heterocycles. The monoisotopic (exact) mass is 527 g/mol. The third-order valence-corrected chi connectivity index (χ3v) is 7.44. The van der Waals surface area contributed by atoms with E-state index in [1.807, 2.05) is 89.8 Å².